The normalized spacial score (nSPS) is 16.2. The van der Waals surface area contributed by atoms with Crippen LogP contribution in [0.1, 0.15) is 64.8 Å². The van der Waals surface area contributed by atoms with Gasteiger partial charge in [0.15, 0.2) is 5.82 Å². The Morgan fingerprint density at radius 3 is 2.21 bits per heavy atom. The number of rotatable bonds is 26. The van der Waals surface area contributed by atoms with E-state index in [9.17, 15) is 34.2 Å². The number of amides is 5. The number of anilines is 2. The predicted molar refractivity (Wildman–Crippen MR) is 324 cm³/mol. The first-order chi connectivity index (χ1) is 40.7. The molecule has 0 unspecified atom stereocenters. The lowest BCUT2D eigenvalue weighted by atomic mass is 9.85. The minimum absolute atomic E-state index is 0.00531. The first-order valence-electron chi connectivity index (χ1n) is 28.5. The number of carbonyl (C=O) groups is 5. The van der Waals surface area contributed by atoms with Crippen molar-refractivity contribution in [3.05, 3.63) is 94.3 Å². The predicted octanol–water partition coefficient (Wildman–Crippen LogP) is 6.75. The molecule has 5 amide bonds. The average Bonchev–Trinajstić information content (AvgIpc) is 2.07. The zero-order valence-electron chi connectivity index (χ0n) is 49.1. The molecule has 2 fully saturated rings. The quantitative estimate of drug-likeness (QED) is 0.0353. The van der Waals surface area contributed by atoms with Gasteiger partial charge in [-0.1, -0.05) is 80.9 Å². The Kier molecular flexibility index (Phi) is 22.0. The summed E-state index contributed by atoms with van der Waals surface area (Å²) in [5.41, 5.74) is 4.42. The van der Waals surface area contributed by atoms with Crippen LogP contribution >= 0.6 is 22.9 Å². The molecule has 4 atom stereocenters. The lowest BCUT2D eigenvalue weighted by Crippen LogP contribution is -2.58. The number of fused-ring (bicyclic) bond motifs is 2. The summed E-state index contributed by atoms with van der Waals surface area (Å²) in [6.07, 6.45) is -0.759. The van der Waals surface area contributed by atoms with Crippen LogP contribution in [0.2, 0.25) is 5.02 Å². The van der Waals surface area contributed by atoms with E-state index in [4.69, 9.17) is 35.5 Å². The van der Waals surface area contributed by atoms with E-state index in [1.807, 2.05) is 88.0 Å². The number of aliphatic hydroxyl groups excluding tert-OH is 1. The monoisotopic (exact) mass is 1210 g/mol. The van der Waals surface area contributed by atoms with Gasteiger partial charge in [0.1, 0.15) is 35.8 Å². The van der Waals surface area contributed by atoms with E-state index < -0.39 is 47.1 Å². The topological polar surface area (TPSA) is 250 Å². The number of nitrogens with zero attached hydrogens (tertiary/aromatic N) is 7. The standard InChI is InChI=1S/C61H76ClFN10O11S/c1-37(40-12-14-41(15-13-40)55-38(2)65-36-85-55)66-58(79)49-32-44(76)34-73(49)59(80)56(61(4,5)6)67-50(77)35-84-29-28-83-27-26-82-25-24-81-23-22-70(7)51(78)16-17-64-60-68-54-47(57(69-60)72-20-18-71(19-21-72)39(3)74)33-48(62)52(53(54)63)46-31-43(75)30-42-10-8-9-11-45(42)46/h8-15,30-31,33,36-37,44,49,56,75-76H,16-29,32,34-35H2,1-7H3,(H,66,79)(H,67,77)(H,64,68,69)/t37-,44+,49-,56+/m0/s1. The zero-order chi connectivity index (χ0) is 61.0. The van der Waals surface area contributed by atoms with Crippen molar-refractivity contribution in [3.63, 3.8) is 0 Å². The summed E-state index contributed by atoms with van der Waals surface area (Å²) >= 11 is 8.44. The van der Waals surface area contributed by atoms with Crippen LogP contribution in [-0.4, -0.2) is 193 Å². The number of β-amino-alcohol motifs (C(OH)–C–C–N with tert-alkyl or cyclic N) is 1. The van der Waals surface area contributed by atoms with E-state index in [-0.39, 0.29) is 124 Å². The summed E-state index contributed by atoms with van der Waals surface area (Å²) in [5, 5.41) is 32.1. The smallest absolute Gasteiger partial charge is 0.246 e. The summed E-state index contributed by atoms with van der Waals surface area (Å²) < 4.78 is 39.4. The summed E-state index contributed by atoms with van der Waals surface area (Å²) in [7, 11) is 1.67. The van der Waals surface area contributed by atoms with E-state index in [2.05, 4.69) is 25.9 Å². The van der Waals surface area contributed by atoms with E-state index >= 15 is 4.39 Å². The largest absolute Gasteiger partial charge is 0.508 e. The third-order valence-corrected chi connectivity index (χ3v) is 16.3. The number of aromatic hydroxyl groups is 1. The van der Waals surface area contributed by atoms with Crippen molar-refractivity contribution in [3.8, 4) is 27.3 Å². The molecule has 0 aliphatic carbocycles. The third kappa shape index (κ3) is 16.4. The van der Waals surface area contributed by atoms with E-state index in [1.54, 1.807) is 45.8 Å². The number of phenols is 1. The molecule has 2 aliphatic heterocycles. The number of phenolic OH excluding ortho intramolecular Hbond substituents is 1. The van der Waals surface area contributed by atoms with Gasteiger partial charge in [0.05, 0.1) is 79.5 Å². The Bertz CT molecular complexity index is 3320. The van der Waals surface area contributed by atoms with Crippen LogP contribution in [-0.2, 0) is 42.9 Å². The number of aliphatic hydroxyl groups is 1. The number of benzene rings is 4. The molecule has 0 saturated carbocycles. The minimum atomic E-state index is -1.00. The van der Waals surface area contributed by atoms with Gasteiger partial charge in [0.25, 0.3) is 0 Å². The molecule has 0 spiro atoms. The molecule has 8 rings (SSSR count). The van der Waals surface area contributed by atoms with Gasteiger partial charge in [0.2, 0.25) is 35.5 Å². The highest BCUT2D eigenvalue weighted by Gasteiger charge is 2.45. The molecule has 4 aromatic carbocycles. The summed E-state index contributed by atoms with van der Waals surface area (Å²) in [6, 6.07) is 17.6. The first-order valence-corrected chi connectivity index (χ1v) is 29.7. The molecule has 0 bridgehead atoms. The van der Waals surface area contributed by atoms with Crippen LogP contribution in [0.3, 0.4) is 0 Å². The number of likely N-dealkylation sites (tertiary alicyclic amines) is 1. The van der Waals surface area contributed by atoms with Gasteiger partial charge >= 0.3 is 0 Å². The van der Waals surface area contributed by atoms with Crippen LogP contribution in [0.15, 0.2) is 72.2 Å². The second kappa shape index (κ2) is 29.3. The van der Waals surface area contributed by atoms with Crippen molar-refractivity contribution < 1.29 is 57.5 Å². The van der Waals surface area contributed by atoms with Gasteiger partial charge < -0.3 is 64.7 Å². The number of aryl methyl sites for hydroxylation is 1. The lowest BCUT2D eigenvalue weighted by molar-refractivity contribution is -0.144. The molecule has 6 aromatic rings. The minimum Gasteiger partial charge on any atom is -0.508 e. The Morgan fingerprint density at radius 2 is 1.55 bits per heavy atom. The van der Waals surface area contributed by atoms with Crippen LogP contribution in [0.5, 0.6) is 5.75 Å². The molecule has 4 heterocycles. The van der Waals surface area contributed by atoms with Gasteiger partial charge in [-0.15, -0.1) is 11.3 Å². The summed E-state index contributed by atoms with van der Waals surface area (Å²) in [4.78, 5) is 87.5. The van der Waals surface area contributed by atoms with E-state index in [0.717, 1.165) is 21.7 Å². The number of piperazine rings is 1. The maximum absolute atomic E-state index is 17.0. The number of hydrogen-bond acceptors (Lipinski definition) is 17. The Balaban J connectivity index is 0.711. The summed E-state index contributed by atoms with van der Waals surface area (Å²) in [5.74, 6) is -1.79. The van der Waals surface area contributed by atoms with Gasteiger partial charge in [-0.2, -0.15) is 4.98 Å². The van der Waals surface area contributed by atoms with Crippen LogP contribution in [0.25, 0.3) is 43.2 Å². The second-order valence-electron chi connectivity index (χ2n) is 22.3. The Morgan fingerprint density at radius 1 is 0.882 bits per heavy atom. The van der Waals surface area contributed by atoms with Crippen molar-refractivity contribution >= 4 is 85.9 Å². The first kappa shape index (κ1) is 63.9. The number of nitrogens with one attached hydrogen (secondary N) is 3. The molecule has 0 radical (unpaired) electrons. The molecule has 2 saturated heterocycles. The molecule has 24 heteroatoms. The average molecular weight is 1210 g/mol. The summed E-state index contributed by atoms with van der Waals surface area (Å²) in [6.45, 7) is 14.3. The molecule has 2 aromatic heterocycles. The number of aromatic nitrogens is 3. The molecule has 456 valence electrons. The number of likely N-dealkylation sites (N-methyl/N-ethyl adjacent to an activating group) is 1. The number of ether oxygens (including phenoxy) is 4. The number of hydrogen-bond donors (Lipinski definition) is 5. The van der Waals surface area contributed by atoms with E-state index in [0.29, 0.717) is 60.3 Å². The fourth-order valence-electron chi connectivity index (χ4n) is 10.3. The highest BCUT2D eigenvalue weighted by atomic mass is 35.5. The van der Waals surface area contributed by atoms with Gasteiger partial charge in [0, 0.05) is 83.6 Å². The highest BCUT2D eigenvalue weighted by molar-refractivity contribution is 7.13. The van der Waals surface area contributed by atoms with E-state index in [1.165, 1.54) is 17.9 Å². The van der Waals surface area contributed by atoms with Crippen molar-refractivity contribution in [2.24, 2.45) is 5.41 Å². The SMILES string of the molecule is CC(=O)N1CCN(c2nc(NCCC(=O)N(C)CCOCCOCCOCCOCC(=O)N[C@H](C(=O)N3C[C@H](O)C[C@H]3C(=O)N[C@@H](C)c3ccc(-c4scnc4C)cc3)C(C)(C)C)nc3c(F)c(-c4cc(O)cc5ccccc45)c(Cl)cc23)CC1. The van der Waals surface area contributed by atoms with Crippen molar-refractivity contribution in [1.82, 2.24) is 40.3 Å². The van der Waals surface area contributed by atoms with Gasteiger partial charge in [-0.05, 0) is 64.9 Å². The van der Waals surface area contributed by atoms with Crippen LogP contribution in [0.4, 0.5) is 16.2 Å². The fraction of sp³-hybridized carbons (Fsp3) is 0.475. The molecular weight excluding hydrogens is 1140 g/mol. The fourth-order valence-corrected chi connectivity index (χ4v) is 11.4. The van der Waals surface area contributed by atoms with Crippen molar-refractivity contribution in [1.29, 1.82) is 0 Å². The van der Waals surface area contributed by atoms with Crippen molar-refractivity contribution in [2.45, 2.75) is 78.6 Å². The van der Waals surface area contributed by atoms with Gasteiger partial charge in [-0.25, -0.2) is 14.4 Å². The second-order valence-corrected chi connectivity index (χ2v) is 23.5. The Labute approximate surface area is 503 Å². The number of thiazole rings is 1. The third-order valence-electron chi connectivity index (χ3n) is 15.0. The number of carbonyl (C=O) groups excluding carboxylic acids is 5. The zero-order valence-corrected chi connectivity index (χ0v) is 50.7. The highest BCUT2D eigenvalue weighted by Crippen LogP contribution is 2.42. The molecule has 21 nitrogen and oxygen atoms in total. The van der Waals surface area contributed by atoms with Crippen molar-refractivity contribution in [2.75, 3.05) is 116 Å². The van der Waals surface area contributed by atoms with Gasteiger partial charge in [-0.3, -0.25) is 24.0 Å². The number of halogens is 2. The molecule has 2 aliphatic rings. The Hall–Kier alpha value is -7.12. The molecule has 85 heavy (non-hydrogen) atoms. The maximum atomic E-state index is 17.0. The maximum Gasteiger partial charge on any atom is 0.246 e. The van der Waals surface area contributed by atoms with Crippen LogP contribution in [0, 0.1) is 18.2 Å². The van der Waals surface area contributed by atoms with Crippen LogP contribution < -0.4 is 20.9 Å². The molecule has 5 N–H and O–H groups in total. The molecular formula is C61H76ClFN10O11S. The lowest BCUT2D eigenvalue weighted by Gasteiger charge is -2.35.